The zero-order valence-corrected chi connectivity index (χ0v) is 13.5. The van der Waals surface area contributed by atoms with Crippen LogP contribution in [-0.2, 0) is 23.1 Å². The van der Waals surface area contributed by atoms with Gasteiger partial charge in [-0.1, -0.05) is 12.1 Å². The Morgan fingerprint density at radius 3 is 2.48 bits per heavy atom. The number of hydrogen-bond donors (Lipinski definition) is 1. The van der Waals surface area contributed by atoms with Crippen molar-refractivity contribution < 1.29 is 12.8 Å². The van der Waals surface area contributed by atoms with E-state index in [-0.39, 0.29) is 12.4 Å². The molecule has 4 nitrogen and oxygen atoms in total. The van der Waals surface area contributed by atoms with Crippen molar-refractivity contribution in [3.05, 3.63) is 52.7 Å². The van der Waals surface area contributed by atoms with Gasteiger partial charge in [0.1, 0.15) is 10.0 Å². The van der Waals surface area contributed by atoms with E-state index in [1.807, 2.05) is 7.05 Å². The molecule has 1 heterocycles. The quantitative estimate of drug-likeness (QED) is 0.886. The first-order valence-corrected chi connectivity index (χ1v) is 8.63. The average Bonchev–Trinajstić information content (AvgIpc) is 2.91. The van der Waals surface area contributed by atoms with Crippen molar-refractivity contribution in [1.82, 2.24) is 9.62 Å². The Bertz CT molecular complexity index is 696. The van der Waals surface area contributed by atoms with Crippen LogP contribution in [0.3, 0.4) is 0 Å². The highest BCUT2D eigenvalue weighted by Gasteiger charge is 2.22. The fraction of sp³-hybridized carbons (Fsp3) is 0.286. The summed E-state index contributed by atoms with van der Waals surface area (Å²) in [5.74, 6) is -0.334. The van der Waals surface area contributed by atoms with Crippen molar-refractivity contribution in [2.24, 2.45) is 0 Å². The SMILES string of the molecule is CNCc1ccc(S(=O)(=O)N(C)Cc2ccc(F)cc2)s1. The number of hydrogen-bond acceptors (Lipinski definition) is 4. The highest BCUT2D eigenvalue weighted by Crippen LogP contribution is 2.25. The van der Waals surface area contributed by atoms with Gasteiger partial charge in [-0.05, 0) is 36.9 Å². The summed E-state index contributed by atoms with van der Waals surface area (Å²) in [5.41, 5.74) is 0.745. The summed E-state index contributed by atoms with van der Waals surface area (Å²) in [5, 5.41) is 2.99. The first-order valence-electron chi connectivity index (χ1n) is 6.37. The third-order valence-electron chi connectivity index (χ3n) is 2.97. The van der Waals surface area contributed by atoms with Crippen LogP contribution in [0, 0.1) is 5.82 Å². The number of rotatable bonds is 6. The molecule has 0 aliphatic carbocycles. The van der Waals surface area contributed by atoms with Gasteiger partial charge in [-0.15, -0.1) is 11.3 Å². The van der Waals surface area contributed by atoms with Gasteiger partial charge in [0.15, 0.2) is 0 Å². The summed E-state index contributed by atoms with van der Waals surface area (Å²) >= 11 is 1.25. The zero-order chi connectivity index (χ0) is 15.5. The Morgan fingerprint density at radius 1 is 1.19 bits per heavy atom. The summed E-state index contributed by atoms with van der Waals surface area (Å²) in [4.78, 5) is 0.964. The minimum absolute atomic E-state index is 0.210. The molecule has 1 N–H and O–H groups in total. The largest absolute Gasteiger partial charge is 0.315 e. The van der Waals surface area contributed by atoms with Crippen molar-refractivity contribution in [3.8, 4) is 0 Å². The molecule has 0 bridgehead atoms. The maximum atomic E-state index is 12.9. The van der Waals surface area contributed by atoms with Crippen molar-refractivity contribution >= 4 is 21.4 Å². The van der Waals surface area contributed by atoms with E-state index in [0.29, 0.717) is 10.8 Å². The molecule has 7 heteroatoms. The standard InChI is InChI=1S/C14H17FN2O2S2/c1-16-9-13-7-8-14(20-13)21(18,19)17(2)10-11-3-5-12(15)6-4-11/h3-8,16H,9-10H2,1-2H3. The second-order valence-corrected chi connectivity index (χ2v) is 8.08. The van der Waals surface area contributed by atoms with Gasteiger partial charge in [-0.2, -0.15) is 4.31 Å². The molecule has 1 aromatic carbocycles. The molecule has 114 valence electrons. The van der Waals surface area contributed by atoms with E-state index >= 15 is 0 Å². The highest BCUT2D eigenvalue weighted by atomic mass is 32.2. The smallest absolute Gasteiger partial charge is 0.252 e. The first-order chi connectivity index (χ1) is 9.93. The molecule has 0 saturated heterocycles. The molecule has 0 unspecified atom stereocenters. The molecule has 2 rings (SSSR count). The van der Waals surface area contributed by atoms with Crippen LogP contribution in [0.15, 0.2) is 40.6 Å². The summed E-state index contributed by atoms with van der Waals surface area (Å²) in [6, 6.07) is 9.25. The van der Waals surface area contributed by atoms with Crippen LogP contribution < -0.4 is 5.32 Å². The number of nitrogens with one attached hydrogen (secondary N) is 1. The summed E-state index contributed by atoms with van der Waals surface area (Å²) in [6.07, 6.45) is 0. The topological polar surface area (TPSA) is 49.4 Å². The molecule has 0 spiro atoms. The Hall–Kier alpha value is -1.28. The second kappa shape index (κ2) is 6.65. The van der Waals surface area contributed by atoms with E-state index in [2.05, 4.69) is 5.32 Å². The van der Waals surface area contributed by atoms with Crippen LogP contribution >= 0.6 is 11.3 Å². The van der Waals surface area contributed by atoms with Crippen LogP contribution in [0.2, 0.25) is 0 Å². The third-order valence-corrected chi connectivity index (χ3v) is 6.33. The molecule has 0 radical (unpaired) electrons. The molecule has 0 atom stereocenters. The number of sulfonamides is 1. The Morgan fingerprint density at radius 2 is 1.86 bits per heavy atom. The molecular weight excluding hydrogens is 311 g/mol. The molecule has 0 saturated carbocycles. The average molecular weight is 328 g/mol. The number of nitrogens with zero attached hydrogens (tertiary/aromatic N) is 1. The molecule has 1 aromatic heterocycles. The molecule has 2 aromatic rings. The highest BCUT2D eigenvalue weighted by molar-refractivity contribution is 7.91. The summed E-state index contributed by atoms with van der Waals surface area (Å²) < 4.78 is 39.4. The maximum Gasteiger partial charge on any atom is 0.252 e. The van der Waals surface area contributed by atoms with Crippen LogP contribution in [0.1, 0.15) is 10.4 Å². The van der Waals surface area contributed by atoms with E-state index in [1.54, 1.807) is 24.3 Å². The molecule has 0 fully saturated rings. The fourth-order valence-electron chi connectivity index (χ4n) is 1.85. The van der Waals surface area contributed by atoms with Crippen molar-refractivity contribution in [2.75, 3.05) is 14.1 Å². The van der Waals surface area contributed by atoms with Crippen LogP contribution in [-0.4, -0.2) is 26.8 Å². The Balaban J connectivity index is 2.15. The zero-order valence-electron chi connectivity index (χ0n) is 11.8. The number of thiophene rings is 1. The molecule has 0 aliphatic rings. The minimum atomic E-state index is -3.51. The van der Waals surface area contributed by atoms with Gasteiger partial charge in [-0.3, -0.25) is 0 Å². The van der Waals surface area contributed by atoms with Crippen LogP contribution in [0.25, 0.3) is 0 Å². The van der Waals surface area contributed by atoms with Gasteiger partial charge in [0.25, 0.3) is 10.0 Å². The minimum Gasteiger partial charge on any atom is -0.315 e. The lowest BCUT2D eigenvalue weighted by Gasteiger charge is -2.16. The summed E-state index contributed by atoms with van der Waals surface area (Å²) in [6.45, 7) is 0.851. The lowest BCUT2D eigenvalue weighted by Crippen LogP contribution is -2.25. The predicted molar refractivity (Wildman–Crippen MR) is 82.1 cm³/mol. The normalized spacial score (nSPS) is 12.0. The molecule has 21 heavy (non-hydrogen) atoms. The van der Waals surface area contributed by atoms with Gasteiger partial charge < -0.3 is 5.32 Å². The van der Waals surface area contributed by atoms with Crippen LogP contribution in [0.5, 0.6) is 0 Å². The number of halogens is 1. The van der Waals surface area contributed by atoms with Crippen molar-refractivity contribution in [3.63, 3.8) is 0 Å². The molecule has 0 amide bonds. The van der Waals surface area contributed by atoms with Gasteiger partial charge in [0, 0.05) is 25.0 Å². The van der Waals surface area contributed by atoms with Crippen molar-refractivity contribution in [1.29, 1.82) is 0 Å². The Kier molecular flexibility index (Phi) is 5.10. The maximum absolute atomic E-state index is 12.9. The third kappa shape index (κ3) is 3.88. The van der Waals surface area contributed by atoms with E-state index in [0.717, 1.165) is 10.4 Å². The fourth-order valence-corrected chi connectivity index (χ4v) is 4.59. The number of benzene rings is 1. The lowest BCUT2D eigenvalue weighted by atomic mass is 10.2. The molecule has 0 aliphatic heterocycles. The van der Waals surface area contributed by atoms with Gasteiger partial charge in [0.05, 0.1) is 0 Å². The van der Waals surface area contributed by atoms with Crippen molar-refractivity contribution in [2.45, 2.75) is 17.3 Å². The van der Waals surface area contributed by atoms with Gasteiger partial charge in [-0.25, -0.2) is 12.8 Å². The first kappa shape index (κ1) is 16.1. The monoisotopic (exact) mass is 328 g/mol. The molecular formula is C14H17FN2O2S2. The Labute approximate surface area is 128 Å². The lowest BCUT2D eigenvalue weighted by molar-refractivity contribution is 0.468. The van der Waals surface area contributed by atoms with Gasteiger partial charge in [0.2, 0.25) is 0 Å². The van der Waals surface area contributed by atoms with Gasteiger partial charge >= 0.3 is 0 Å². The van der Waals surface area contributed by atoms with E-state index in [1.165, 1.54) is 34.8 Å². The predicted octanol–water partition coefficient (Wildman–Crippen LogP) is 2.43. The van der Waals surface area contributed by atoms with Crippen LogP contribution in [0.4, 0.5) is 4.39 Å². The van der Waals surface area contributed by atoms with E-state index in [4.69, 9.17) is 0 Å². The second-order valence-electron chi connectivity index (χ2n) is 4.64. The van der Waals surface area contributed by atoms with E-state index in [9.17, 15) is 12.8 Å². The summed E-state index contributed by atoms with van der Waals surface area (Å²) in [7, 11) is -0.176. The van der Waals surface area contributed by atoms with E-state index < -0.39 is 10.0 Å².